The topological polar surface area (TPSA) is 39.9 Å². The molecule has 3 N–H and O–H groups in total. The van der Waals surface area contributed by atoms with E-state index in [0.717, 1.165) is 66.8 Å². The molecule has 37 heavy (non-hydrogen) atoms. The lowest BCUT2D eigenvalue weighted by molar-refractivity contribution is 0.628. The molecule has 4 aromatic rings. The monoisotopic (exact) mass is 517 g/mol. The number of benzene rings is 3. The summed E-state index contributed by atoms with van der Waals surface area (Å²) < 4.78 is 13.3. The van der Waals surface area contributed by atoms with Crippen molar-refractivity contribution < 1.29 is 4.39 Å². The SMILES string of the molecule is CC/C=C\NCCCCc1cccc(C(C)c2[nH]c3ccc(Cl)cc3c2CCNc2ccc(F)cc2)c1. The second-order valence-electron chi connectivity index (χ2n) is 9.58. The van der Waals surface area contributed by atoms with E-state index in [1.807, 2.05) is 6.07 Å². The number of aryl methyl sites for hydroxylation is 1. The molecule has 0 aliphatic rings. The molecule has 4 rings (SSSR count). The fraction of sp³-hybridized carbons (Fsp3) is 0.312. The van der Waals surface area contributed by atoms with Crippen molar-refractivity contribution in [1.29, 1.82) is 0 Å². The average molecular weight is 518 g/mol. The van der Waals surface area contributed by atoms with Gasteiger partial charge >= 0.3 is 0 Å². The van der Waals surface area contributed by atoms with E-state index in [4.69, 9.17) is 11.6 Å². The highest BCUT2D eigenvalue weighted by Crippen LogP contribution is 2.34. The van der Waals surface area contributed by atoms with Crippen LogP contribution in [-0.4, -0.2) is 18.1 Å². The molecule has 1 heterocycles. The lowest BCUT2D eigenvalue weighted by Crippen LogP contribution is -2.08. The van der Waals surface area contributed by atoms with Crippen molar-refractivity contribution in [2.45, 2.75) is 51.9 Å². The van der Waals surface area contributed by atoms with Crippen LogP contribution in [0.25, 0.3) is 10.9 Å². The van der Waals surface area contributed by atoms with Crippen LogP contribution in [0.2, 0.25) is 5.02 Å². The van der Waals surface area contributed by atoms with Gasteiger partial charge in [0.25, 0.3) is 0 Å². The standard InChI is InChI=1S/C32H37ClFN3/c1-3-4-18-35-19-6-5-8-24-9-7-10-25(21-24)23(2)32-29(30-22-26(33)11-16-31(30)37-32)17-20-36-28-14-12-27(34)13-15-28/h4,7,9-16,18,21-23,35-37H,3,5-6,8,17,19-20H2,1-2H3/b18-4-. The molecule has 5 heteroatoms. The zero-order chi connectivity index (χ0) is 26.0. The van der Waals surface area contributed by atoms with E-state index in [0.29, 0.717) is 0 Å². The van der Waals surface area contributed by atoms with Gasteiger partial charge in [-0.15, -0.1) is 0 Å². The van der Waals surface area contributed by atoms with Gasteiger partial charge in [0.1, 0.15) is 5.82 Å². The maximum Gasteiger partial charge on any atom is 0.123 e. The molecule has 0 saturated heterocycles. The Bertz CT molecular complexity index is 1310. The number of rotatable bonds is 13. The number of H-pyrrole nitrogens is 1. The highest BCUT2D eigenvalue weighted by molar-refractivity contribution is 6.31. The lowest BCUT2D eigenvalue weighted by atomic mass is 9.91. The molecule has 0 spiro atoms. The number of unbranched alkanes of at least 4 members (excludes halogenated alkanes) is 1. The molecule has 1 aromatic heterocycles. The average Bonchev–Trinajstić information content (AvgIpc) is 3.26. The molecule has 0 saturated carbocycles. The van der Waals surface area contributed by atoms with Crippen LogP contribution in [0.15, 0.2) is 79.0 Å². The van der Waals surface area contributed by atoms with Crippen molar-refractivity contribution in [2.75, 3.05) is 18.4 Å². The van der Waals surface area contributed by atoms with Crippen LogP contribution in [0.4, 0.5) is 10.1 Å². The van der Waals surface area contributed by atoms with Gasteiger partial charge in [-0.1, -0.05) is 55.8 Å². The summed E-state index contributed by atoms with van der Waals surface area (Å²) in [5, 5.41) is 8.69. The Morgan fingerprint density at radius 3 is 2.62 bits per heavy atom. The van der Waals surface area contributed by atoms with E-state index >= 15 is 0 Å². The van der Waals surface area contributed by atoms with Gasteiger partial charge in [0.2, 0.25) is 0 Å². The Balaban J connectivity index is 1.48. The number of fused-ring (bicyclic) bond motifs is 1. The first-order chi connectivity index (χ1) is 18.0. The normalized spacial score (nSPS) is 12.3. The maximum absolute atomic E-state index is 13.3. The zero-order valence-electron chi connectivity index (χ0n) is 21.8. The molecule has 0 aliphatic carbocycles. The third kappa shape index (κ3) is 7.39. The largest absolute Gasteiger partial charge is 0.391 e. The molecular weight excluding hydrogens is 481 g/mol. The quantitative estimate of drug-likeness (QED) is 0.155. The Morgan fingerprint density at radius 2 is 1.81 bits per heavy atom. The van der Waals surface area contributed by atoms with Gasteiger partial charge in [-0.3, -0.25) is 0 Å². The predicted molar refractivity (Wildman–Crippen MR) is 156 cm³/mol. The zero-order valence-corrected chi connectivity index (χ0v) is 22.5. The van der Waals surface area contributed by atoms with Gasteiger partial charge in [0.15, 0.2) is 0 Å². The third-order valence-electron chi connectivity index (χ3n) is 6.84. The van der Waals surface area contributed by atoms with Crippen molar-refractivity contribution in [3.05, 3.63) is 112 Å². The molecule has 0 aliphatic heterocycles. The van der Waals surface area contributed by atoms with Crippen LogP contribution in [0.1, 0.15) is 61.4 Å². The number of aromatic amines is 1. The first-order valence-corrected chi connectivity index (χ1v) is 13.7. The van der Waals surface area contributed by atoms with Gasteiger partial charge in [0.05, 0.1) is 0 Å². The van der Waals surface area contributed by atoms with E-state index in [2.05, 4.69) is 78.1 Å². The molecule has 3 nitrogen and oxygen atoms in total. The summed E-state index contributed by atoms with van der Waals surface area (Å²) in [6.45, 7) is 6.17. The Hall–Kier alpha value is -3.24. The number of hydrogen-bond acceptors (Lipinski definition) is 2. The van der Waals surface area contributed by atoms with Crippen molar-refractivity contribution in [2.24, 2.45) is 0 Å². The molecule has 3 aromatic carbocycles. The van der Waals surface area contributed by atoms with Gasteiger partial charge in [-0.2, -0.15) is 0 Å². The smallest absolute Gasteiger partial charge is 0.123 e. The summed E-state index contributed by atoms with van der Waals surface area (Å²) in [6.07, 6.45) is 9.50. The van der Waals surface area contributed by atoms with E-state index in [1.165, 1.54) is 34.5 Å². The highest BCUT2D eigenvalue weighted by Gasteiger charge is 2.19. The highest BCUT2D eigenvalue weighted by atomic mass is 35.5. The van der Waals surface area contributed by atoms with Crippen LogP contribution in [0.3, 0.4) is 0 Å². The summed E-state index contributed by atoms with van der Waals surface area (Å²) in [5.41, 5.74) is 7.21. The number of nitrogens with one attached hydrogen (secondary N) is 3. The minimum Gasteiger partial charge on any atom is -0.391 e. The number of hydrogen-bond donors (Lipinski definition) is 3. The van der Waals surface area contributed by atoms with Crippen LogP contribution < -0.4 is 10.6 Å². The molecule has 0 radical (unpaired) electrons. The molecule has 0 fully saturated rings. The molecule has 194 valence electrons. The fourth-order valence-corrected chi connectivity index (χ4v) is 4.98. The first kappa shape index (κ1) is 26.8. The fourth-order valence-electron chi connectivity index (χ4n) is 4.80. The van der Waals surface area contributed by atoms with Crippen molar-refractivity contribution in [3.8, 4) is 0 Å². The summed E-state index contributed by atoms with van der Waals surface area (Å²) in [7, 11) is 0. The first-order valence-electron chi connectivity index (χ1n) is 13.3. The number of aromatic nitrogens is 1. The van der Waals surface area contributed by atoms with E-state index in [-0.39, 0.29) is 11.7 Å². The molecule has 1 atom stereocenters. The van der Waals surface area contributed by atoms with Crippen molar-refractivity contribution in [3.63, 3.8) is 0 Å². The van der Waals surface area contributed by atoms with Crippen LogP contribution >= 0.6 is 11.6 Å². The van der Waals surface area contributed by atoms with Gasteiger partial charge in [-0.05, 0) is 97.5 Å². The summed E-state index contributed by atoms with van der Waals surface area (Å²) in [5.74, 6) is -0.0104. The Labute approximate surface area is 225 Å². The third-order valence-corrected chi connectivity index (χ3v) is 7.08. The van der Waals surface area contributed by atoms with Crippen molar-refractivity contribution >= 4 is 28.2 Å². The second-order valence-corrected chi connectivity index (χ2v) is 10.0. The second kappa shape index (κ2) is 13.3. The number of halogens is 2. The summed E-state index contributed by atoms with van der Waals surface area (Å²) in [4.78, 5) is 3.69. The molecule has 1 unspecified atom stereocenters. The van der Waals surface area contributed by atoms with Crippen LogP contribution in [-0.2, 0) is 12.8 Å². The Morgan fingerprint density at radius 1 is 0.973 bits per heavy atom. The molecule has 0 bridgehead atoms. The van der Waals surface area contributed by atoms with Gasteiger partial charge in [-0.25, -0.2) is 4.39 Å². The number of allylic oxidation sites excluding steroid dienone is 1. The van der Waals surface area contributed by atoms with Crippen LogP contribution in [0, 0.1) is 5.82 Å². The number of anilines is 1. The van der Waals surface area contributed by atoms with E-state index in [1.54, 1.807) is 12.1 Å². The van der Waals surface area contributed by atoms with Gasteiger partial charge < -0.3 is 15.6 Å². The van der Waals surface area contributed by atoms with E-state index < -0.39 is 0 Å². The lowest BCUT2D eigenvalue weighted by Gasteiger charge is -2.16. The van der Waals surface area contributed by atoms with E-state index in [9.17, 15) is 4.39 Å². The van der Waals surface area contributed by atoms with Gasteiger partial charge in [0, 0.05) is 46.3 Å². The Kier molecular flexibility index (Phi) is 9.67. The minimum absolute atomic E-state index is 0.216. The predicted octanol–water partition coefficient (Wildman–Crippen LogP) is 8.60. The maximum atomic E-state index is 13.3. The summed E-state index contributed by atoms with van der Waals surface area (Å²) in [6, 6.07) is 21.5. The molecule has 0 amide bonds. The molecular formula is C32H37ClFN3. The van der Waals surface area contributed by atoms with Crippen molar-refractivity contribution in [1.82, 2.24) is 10.3 Å². The summed E-state index contributed by atoms with van der Waals surface area (Å²) >= 11 is 6.38. The minimum atomic E-state index is -0.226. The van der Waals surface area contributed by atoms with Crippen LogP contribution in [0.5, 0.6) is 0 Å².